The van der Waals surface area contributed by atoms with Gasteiger partial charge in [-0.05, 0) is 45.1 Å². The first-order valence-electron chi connectivity index (χ1n) is 8.78. The lowest BCUT2D eigenvalue weighted by molar-refractivity contribution is 0.277. The van der Waals surface area contributed by atoms with Crippen molar-refractivity contribution in [1.29, 1.82) is 0 Å². The summed E-state index contributed by atoms with van der Waals surface area (Å²) in [6.45, 7) is 7.35. The SMILES string of the molecule is CC.CN1CCCCC1.O=c1[nH]nc2c3c(cc(F)cc13)NCC2. The van der Waals surface area contributed by atoms with E-state index in [-0.39, 0.29) is 5.56 Å². The summed E-state index contributed by atoms with van der Waals surface area (Å²) in [7, 11) is 2.19. The van der Waals surface area contributed by atoms with E-state index < -0.39 is 5.82 Å². The first-order valence-corrected chi connectivity index (χ1v) is 8.78. The van der Waals surface area contributed by atoms with Crippen molar-refractivity contribution in [1.82, 2.24) is 15.1 Å². The van der Waals surface area contributed by atoms with Gasteiger partial charge in [-0.1, -0.05) is 20.3 Å². The van der Waals surface area contributed by atoms with Gasteiger partial charge in [0.2, 0.25) is 0 Å². The van der Waals surface area contributed by atoms with Crippen LogP contribution in [0.15, 0.2) is 16.9 Å². The van der Waals surface area contributed by atoms with E-state index in [1.165, 1.54) is 44.5 Å². The van der Waals surface area contributed by atoms with Gasteiger partial charge in [0.25, 0.3) is 5.56 Å². The molecule has 2 aliphatic heterocycles. The van der Waals surface area contributed by atoms with Crippen LogP contribution in [-0.4, -0.2) is 41.8 Å². The Balaban J connectivity index is 0.000000196. The number of piperidine rings is 1. The van der Waals surface area contributed by atoms with Gasteiger partial charge < -0.3 is 10.2 Å². The first kappa shape index (κ1) is 18.4. The maximum absolute atomic E-state index is 13.2. The molecule has 0 saturated carbocycles. The normalized spacial score (nSPS) is 16.3. The fourth-order valence-electron chi connectivity index (χ4n) is 3.02. The Morgan fingerprint density at radius 3 is 2.50 bits per heavy atom. The van der Waals surface area contributed by atoms with Crippen molar-refractivity contribution >= 4 is 16.5 Å². The molecule has 3 heterocycles. The van der Waals surface area contributed by atoms with Crippen LogP contribution in [0.1, 0.15) is 38.8 Å². The molecule has 0 amide bonds. The third-order valence-corrected chi connectivity index (χ3v) is 4.19. The molecule has 2 N–H and O–H groups in total. The maximum Gasteiger partial charge on any atom is 0.272 e. The number of aromatic amines is 1. The molecule has 1 aromatic carbocycles. The van der Waals surface area contributed by atoms with Crippen LogP contribution >= 0.6 is 0 Å². The minimum Gasteiger partial charge on any atom is -0.384 e. The topological polar surface area (TPSA) is 61.0 Å². The minimum atomic E-state index is -0.408. The van der Waals surface area contributed by atoms with Gasteiger partial charge in [0.15, 0.2) is 0 Å². The van der Waals surface area contributed by atoms with Crippen molar-refractivity contribution in [3.63, 3.8) is 0 Å². The summed E-state index contributed by atoms with van der Waals surface area (Å²) < 4.78 is 13.2. The van der Waals surface area contributed by atoms with Crippen LogP contribution in [0.3, 0.4) is 0 Å². The van der Waals surface area contributed by atoms with Gasteiger partial charge in [-0.2, -0.15) is 5.10 Å². The molecule has 2 aliphatic rings. The zero-order valence-electron chi connectivity index (χ0n) is 14.8. The quantitative estimate of drug-likeness (QED) is 0.777. The second kappa shape index (κ2) is 8.78. The van der Waals surface area contributed by atoms with Gasteiger partial charge in [0.05, 0.1) is 11.1 Å². The molecule has 0 bridgehead atoms. The lowest BCUT2D eigenvalue weighted by Crippen LogP contribution is -2.24. The smallest absolute Gasteiger partial charge is 0.272 e. The summed E-state index contributed by atoms with van der Waals surface area (Å²) in [6, 6.07) is 2.64. The number of hydrogen-bond acceptors (Lipinski definition) is 4. The molecule has 132 valence electrons. The van der Waals surface area contributed by atoms with E-state index in [0.717, 1.165) is 17.5 Å². The Labute approximate surface area is 142 Å². The molecule has 0 atom stereocenters. The van der Waals surface area contributed by atoms with E-state index in [4.69, 9.17) is 0 Å². The number of nitrogens with zero attached hydrogens (tertiary/aromatic N) is 2. The van der Waals surface area contributed by atoms with Crippen molar-refractivity contribution in [3.8, 4) is 0 Å². The van der Waals surface area contributed by atoms with E-state index in [0.29, 0.717) is 17.6 Å². The number of rotatable bonds is 0. The first-order chi connectivity index (χ1) is 11.6. The predicted octanol–water partition coefficient (Wildman–Crippen LogP) is 3.16. The van der Waals surface area contributed by atoms with E-state index in [9.17, 15) is 9.18 Å². The Morgan fingerprint density at radius 2 is 1.88 bits per heavy atom. The number of nitrogens with one attached hydrogen (secondary N) is 2. The third-order valence-electron chi connectivity index (χ3n) is 4.19. The van der Waals surface area contributed by atoms with Crippen molar-refractivity contribution in [2.75, 3.05) is 32.0 Å². The minimum absolute atomic E-state index is 0.349. The van der Waals surface area contributed by atoms with Crippen LogP contribution in [0.5, 0.6) is 0 Å². The Hall–Kier alpha value is -1.95. The highest BCUT2D eigenvalue weighted by molar-refractivity contribution is 5.96. The lowest BCUT2D eigenvalue weighted by Gasteiger charge is -2.20. The number of likely N-dealkylation sites (tertiary alicyclic amines) is 1. The lowest BCUT2D eigenvalue weighted by atomic mass is 10.0. The highest BCUT2D eigenvalue weighted by Crippen LogP contribution is 2.27. The van der Waals surface area contributed by atoms with Gasteiger partial charge >= 0.3 is 0 Å². The summed E-state index contributed by atoms with van der Waals surface area (Å²) in [6.07, 6.45) is 5.02. The van der Waals surface area contributed by atoms with E-state index in [2.05, 4.69) is 27.5 Å². The van der Waals surface area contributed by atoms with Crippen molar-refractivity contribution in [3.05, 3.63) is 34.0 Å². The van der Waals surface area contributed by atoms with Gasteiger partial charge in [0.1, 0.15) is 5.82 Å². The maximum atomic E-state index is 13.2. The monoisotopic (exact) mass is 334 g/mol. The zero-order valence-corrected chi connectivity index (χ0v) is 14.8. The second-order valence-electron chi connectivity index (χ2n) is 5.92. The van der Waals surface area contributed by atoms with Crippen molar-refractivity contribution in [2.45, 2.75) is 39.5 Å². The number of halogens is 1. The molecular weight excluding hydrogens is 307 g/mol. The summed E-state index contributed by atoms with van der Waals surface area (Å²) in [4.78, 5) is 13.9. The number of hydrogen-bond donors (Lipinski definition) is 2. The van der Waals surface area contributed by atoms with Crippen LogP contribution in [-0.2, 0) is 6.42 Å². The molecule has 0 unspecified atom stereocenters. The molecule has 6 heteroatoms. The van der Waals surface area contributed by atoms with Crippen molar-refractivity contribution in [2.24, 2.45) is 0 Å². The van der Waals surface area contributed by atoms with E-state index in [1.807, 2.05) is 13.8 Å². The molecule has 2 aromatic rings. The molecule has 24 heavy (non-hydrogen) atoms. The highest BCUT2D eigenvalue weighted by Gasteiger charge is 2.16. The molecule has 1 fully saturated rings. The second-order valence-corrected chi connectivity index (χ2v) is 5.92. The van der Waals surface area contributed by atoms with Crippen LogP contribution in [0.4, 0.5) is 10.1 Å². The van der Waals surface area contributed by atoms with Crippen LogP contribution in [0.25, 0.3) is 10.8 Å². The number of benzene rings is 1. The van der Waals surface area contributed by atoms with Gasteiger partial charge in [-0.15, -0.1) is 0 Å². The zero-order chi connectivity index (χ0) is 17.5. The average Bonchev–Trinajstić information content (AvgIpc) is 2.61. The van der Waals surface area contributed by atoms with Crippen LogP contribution in [0.2, 0.25) is 0 Å². The molecule has 0 radical (unpaired) electrons. The van der Waals surface area contributed by atoms with Gasteiger partial charge in [0, 0.05) is 24.0 Å². The van der Waals surface area contributed by atoms with Crippen LogP contribution in [0, 0.1) is 5.82 Å². The molecular formula is C18H27FN4O. The summed E-state index contributed by atoms with van der Waals surface area (Å²) in [5, 5.41) is 10.5. The fraction of sp³-hybridized carbons (Fsp3) is 0.556. The van der Waals surface area contributed by atoms with Gasteiger partial charge in [-0.3, -0.25) is 4.79 Å². The molecule has 1 saturated heterocycles. The fourth-order valence-corrected chi connectivity index (χ4v) is 3.02. The van der Waals surface area contributed by atoms with Gasteiger partial charge in [-0.25, -0.2) is 9.49 Å². The number of H-pyrrole nitrogens is 1. The Kier molecular flexibility index (Phi) is 6.73. The number of aromatic nitrogens is 2. The summed E-state index contributed by atoms with van der Waals surface area (Å²) in [5.41, 5.74) is 1.13. The molecule has 0 aliphatic carbocycles. The predicted molar refractivity (Wildman–Crippen MR) is 97.2 cm³/mol. The van der Waals surface area contributed by atoms with Crippen LogP contribution < -0.4 is 10.9 Å². The van der Waals surface area contributed by atoms with Crippen molar-refractivity contribution < 1.29 is 4.39 Å². The van der Waals surface area contributed by atoms with E-state index in [1.54, 1.807) is 0 Å². The highest BCUT2D eigenvalue weighted by atomic mass is 19.1. The Morgan fingerprint density at radius 1 is 1.17 bits per heavy atom. The summed E-state index contributed by atoms with van der Waals surface area (Å²) in [5.74, 6) is -0.408. The summed E-state index contributed by atoms with van der Waals surface area (Å²) >= 11 is 0. The average molecular weight is 334 g/mol. The van der Waals surface area contributed by atoms with E-state index >= 15 is 0 Å². The Bertz CT molecular complexity index is 723. The molecule has 0 spiro atoms. The molecule has 5 nitrogen and oxygen atoms in total. The number of anilines is 1. The molecule has 4 rings (SSSR count). The largest absolute Gasteiger partial charge is 0.384 e. The molecule has 1 aromatic heterocycles. The third kappa shape index (κ3) is 4.32. The standard InChI is InChI=1S/C10H8FN3O.C6H13N.C2H6/c11-5-3-6-9-7(13-14-10(6)15)1-2-12-8(9)4-5;1-7-5-3-2-4-6-7;1-2/h3-4,12H,1-2H2,(H,14,15);2-6H2,1H3;1-2H3.